The predicted octanol–water partition coefficient (Wildman–Crippen LogP) is 5.90. The second-order valence-corrected chi connectivity index (χ2v) is 15.7. The third-order valence-electron chi connectivity index (χ3n) is 9.67. The lowest BCUT2D eigenvalue weighted by molar-refractivity contribution is -0.124. The van der Waals surface area contributed by atoms with E-state index in [1.54, 1.807) is 62.4 Å². The molecule has 0 bridgehead atoms. The van der Waals surface area contributed by atoms with Gasteiger partial charge in [0, 0.05) is 26.1 Å². The van der Waals surface area contributed by atoms with Crippen molar-refractivity contribution in [1.29, 1.82) is 0 Å². The number of anilines is 3. The molecule has 0 saturated heterocycles. The highest BCUT2D eigenvalue weighted by atomic mass is 32.2. The number of nitrogens with one attached hydrogen (secondary N) is 3. The fourth-order valence-corrected chi connectivity index (χ4v) is 7.89. The van der Waals surface area contributed by atoms with Crippen molar-refractivity contribution in [3.63, 3.8) is 0 Å². The first-order valence-corrected chi connectivity index (χ1v) is 19.8. The summed E-state index contributed by atoms with van der Waals surface area (Å²) in [4.78, 5) is 29.8. The molecule has 0 heterocycles. The van der Waals surface area contributed by atoms with Gasteiger partial charge in [0.15, 0.2) is 5.72 Å². The second kappa shape index (κ2) is 17.2. The molecule has 1 aliphatic rings. The summed E-state index contributed by atoms with van der Waals surface area (Å²) in [6.45, 7) is 3.91. The summed E-state index contributed by atoms with van der Waals surface area (Å²) < 4.78 is 28.5. The number of sulfonamides is 1. The molecular formula is C41H51N5O5S. The van der Waals surface area contributed by atoms with E-state index in [2.05, 4.69) is 16.0 Å². The molecule has 0 unspecified atom stereocenters. The van der Waals surface area contributed by atoms with Crippen molar-refractivity contribution in [2.75, 3.05) is 22.5 Å². The van der Waals surface area contributed by atoms with Crippen molar-refractivity contribution >= 4 is 38.9 Å². The molecule has 276 valence electrons. The summed E-state index contributed by atoms with van der Waals surface area (Å²) >= 11 is 0. The number of nitrogens with zero attached hydrogens (tertiary/aromatic N) is 2. The van der Waals surface area contributed by atoms with Gasteiger partial charge in [0.05, 0.1) is 41.0 Å². The first-order chi connectivity index (χ1) is 24.9. The minimum atomic E-state index is -3.99. The molecule has 1 saturated carbocycles. The molecule has 0 spiro atoms. The fraction of sp³-hybridized carbons (Fsp3) is 0.366. The molecule has 4 aromatic rings. The Morgan fingerprint density at radius 1 is 0.827 bits per heavy atom. The summed E-state index contributed by atoms with van der Waals surface area (Å²) in [5.41, 5.74) is 0.906. The zero-order valence-corrected chi connectivity index (χ0v) is 31.3. The van der Waals surface area contributed by atoms with E-state index in [4.69, 9.17) is 0 Å². The van der Waals surface area contributed by atoms with E-state index in [-0.39, 0.29) is 29.6 Å². The van der Waals surface area contributed by atoms with E-state index in [0.717, 1.165) is 43.1 Å². The smallest absolute Gasteiger partial charge is 0.255 e. The molecule has 1 fully saturated rings. The van der Waals surface area contributed by atoms with Crippen LogP contribution in [0.3, 0.4) is 0 Å². The number of para-hydroxylation sites is 2. The number of rotatable bonds is 15. The van der Waals surface area contributed by atoms with Crippen molar-refractivity contribution in [3.05, 3.63) is 126 Å². The maximum Gasteiger partial charge on any atom is 0.255 e. The molecule has 0 radical (unpaired) electrons. The lowest BCUT2D eigenvalue weighted by atomic mass is 9.94. The Kier molecular flexibility index (Phi) is 12.7. The van der Waals surface area contributed by atoms with Crippen LogP contribution in [0.25, 0.3) is 0 Å². The van der Waals surface area contributed by atoms with Crippen molar-refractivity contribution < 1.29 is 23.1 Å². The number of hydrogen-bond acceptors (Lipinski definition) is 7. The molecule has 4 aromatic carbocycles. The zero-order valence-electron chi connectivity index (χ0n) is 30.5. The van der Waals surface area contributed by atoms with Gasteiger partial charge in [0.2, 0.25) is 15.9 Å². The van der Waals surface area contributed by atoms with Crippen molar-refractivity contribution in [1.82, 2.24) is 16.0 Å². The van der Waals surface area contributed by atoms with E-state index >= 15 is 0 Å². The number of carbonyl (C=O) groups is 2. The Labute approximate surface area is 308 Å². The third kappa shape index (κ3) is 9.78. The fourth-order valence-electron chi connectivity index (χ4n) is 6.87. The highest BCUT2D eigenvalue weighted by Crippen LogP contribution is 2.40. The molecule has 5 rings (SSSR count). The summed E-state index contributed by atoms with van der Waals surface area (Å²) in [6.07, 6.45) is 6.34. The summed E-state index contributed by atoms with van der Waals surface area (Å²) in [6, 6.07) is 31.3. The Morgan fingerprint density at radius 3 is 2.00 bits per heavy atom. The van der Waals surface area contributed by atoms with Crippen LogP contribution >= 0.6 is 0 Å². The van der Waals surface area contributed by atoms with Crippen LogP contribution in [0.2, 0.25) is 0 Å². The Morgan fingerprint density at radius 2 is 1.40 bits per heavy atom. The van der Waals surface area contributed by atoms with Crippen molar-refractivity contribution in [2.24, 2.45) is 0 Å². The van der Waals surface area contributed by atoms with E-state index in [0.29, 0.717) is 17.9 Å². The molecule has 0 aliphatic heterocycles. The molecule has 10 nitrogen and oxygen atoms in total. The van der Waals surface area contributed by atoms with Gasteiger partial charge in [-0.25, -0.2) is 12.7 Å². The maximum atomic E-state index is 14.6. The zero-order chi connectivity index (χ0) is 37.3. The van der Waals surface area contributed by atoms with Gasteiger partial charge in [-0.2, -0.15) is 0 Å². The van der Waals surface area contributed by atoms with Gasteiger partial charge in [-0.05, 0) is 62.1 Å². The Hall–Kier alpha value is -4.71. The van der Waals surface area contributed by atoms with Crippen LogP contribution in [0.5, 0.6) is 0 Å². The molecule has 2 amide bonds. The maximum absolute atomic E-state index is 14.6. The Balaban J connectivity index is 1.53. The topological polar surface area (TPSA) is 131 Å². The summed E-state index contributed by atoms with van der Waals surface area (Å²) in [7, 11) is -2.15. The molecule has 11 heteroatoms. The molecule has 52 heavy (non-hydrogen) atoms. The number of carbonyl (C=O) groups excluding carboxylic acids is 2. The summed E-state index contributed by atoms with van der Waals surface area (Å²) in [5.74, 6) is -0.851. The van der Waals surface area contributed by atoms with Crippen LogP contribution in [0.4, 0.5) is 17.1 Å². The van der Waals surface area contributed by atoms with Crippen molar-refractivity contribution in [3.8, 4) is 0 Å². The first kappa shape index (κ1) is 38.5. The molecular weight excluding hydrogens is 675 g/mol. The molecule has 4 N–H and O–H groups in total. The number of aliphatic hydroxyl groups is 1. The minimum Gasteiger partial charge on any atom is -0.369 e. The highest BCUT2D eigenvalue weighted by molar-refractivity contribution is 7.92. The minimum absolute atomic E-state index is 0.0160. The number of benzene rings is 4. The first-order valence-electron chi connectivity index (χ1n) is 17.9. The van der Waals surface area contributed by atoms with Crippen LogP contribution in [-0.2, 0) is 27.8 Å². The molecule has 1 aliphatic carbocycles. The largest absolute Gasteiger partial charge is 0.369 e. The highest BCUT2D eigenvalue weighted by Gasteiger charge is 2.39. The van der Waals surface area contributed by atoms with Crippen LogP contribution in [0, 0.1) is 0 Å². The second-order valence-electron chi connectivity index (χ2n) is 13.9. The SMILES string of the molecule is C[C@H](N[C@H](C)[C@@](O)(Cc1ccccc1)NC(=O)c1cccc(N(C)Cc2ccccc2)c1N(c1ccccc1)S(C)(=O)=O)C(=O)NC1CCCCC1. The lowest BCUT2D eigenvalue weighted by Gasteiger charge is -2.38. The lowest BCUT2D eigenvalue weighted by Crippen LogP contribution is -2.64. The third-order valence-corrected chi connectivity index (χ3v) is 10.7. The van der Waals surface area contributed by atoms with Gasteiger partial charge in [-0.1, -0.05) is 104 Å². The number of amides is 2. The molecule has 0 aromatic heterocycles. The average Bonchev–Trinajstić information content (AvgIpc) is 3.12. The summed E-state index contributed by atoms with van der Waals surface area (Å²) in [5, 5.41) is 21.7. The van der Waals surface area contributed by atoms with Gasteiger partial charge in [0.25, 0.3) is 5.91 Å². The monoisotopic (exact) mass is 725 g/mol. The Bertz CT molecular complexity index is 1890. The van der Waals surface area contributed by atoms with E-state index in [9.17, 15) is 23.1 Å². The van der Waals surface area contributed by atoms with Crippen LogP contribution in [-0.4, -0.2) is 62.5 Å². The number of hydrogen-bond donors (Lipinski definition) is 4. The van der Waals surface area contributed by atoms with E-state index in [1.165, 1.54) is 10.7 Å². The van der Waals surface area contributed by atoms with Gasteiger partial charge in [-0.3, -0.25) is 14.9 Å². The van der Waals surface area contributed by atoms with Crippen molar-refractivity contribution in [2.45, 2.75) is 82.8 Å². The van der Waals surface area contributed by atoms with Crippen LogP contribution in [0.1, 0.15) is 67.4 Å². The van der Waals surface area contributed by atoms with E-state index < -0.39 is 33.7 Å². The average molecular weight is 726 g/mol. The van der Waals surface area contributed by atoms with Crippen LogP contribution in [0.15, 0.2) is 109 Å². The normalized spacial score (nSPS) is 15.9. The van der Waals surface area contributed by atoms with Gasteiger partial charge in [0.1, 0.15) is 0 Å². The predicted molar refractivity (Wildman–Crippen MR) is 208 cm³/mol. The van der Waals surface area contributed by atoms with Gasteiger partial charge < -0.3 is 20.6 Å². The van der Waals surface area contributed by atoms with Crippen LogP contribution < -0.4 is 25.2 Å². The van der Waals surface area contributed by atoms with Gasteiger partial charge >= 0.3 is 0 Å². The molecule has 3 atom stereocenters. The van der Waals surface area contributed by atoms with Gasteiger partial charge in [-0.15, -0.1) is 0 Å². The van der Waals surface area contributed by atoms with E-state index in [1.807, 2.05) is 72.6 Å². The standard InChI is InChI=1S/C41H51N5O5S/c1-30(39(47)43-34-22-13-7-14-23-34)42-31(2)41(49,28-32-18-9-5-10-19-32)44-40(48)36-26-17-27-37(45(3)29-33-20-11-6-12-21-33)38(36)46(52(4,50)51)35-24-15-8-16-25-35/h5-6,8-12,15-21,24-27,30-31,34,42,49H,7,13-14,22-23,28-29H2,1-4H3,(H,43,47)(H,44,48)/t30-,31+,41-/m0/s1. The quantitative estimate of drug-likeness (QED) is 0.112.